The number of anilines is 2. The van der Waals surface area contributed by atoms with Crippen molar-refractivity contribution in [2.75, 3.05) is 22.5 Å². The Balaban J connectivity index is 0.000000190. The summed E-state index contributed by atoms with van der Waals surface area (Å²) in [5, 5.41) is 0. The number of nitrogens with zero attached hydrogens (tertiary/aromatic N) is 4. The molecule has 2 fully saturated rings. The maximum atomic E-state index is 13.2. The summed E-state index contributed by atoms with van der Waals surface area (Å²) in [6.07, 6.45) is 2.25. The number of Topliss-reactive ketones (excluding diaryl/α,β-unsaturated/α-hetero) is 2. The van der Waals surface area contributed by atoms with E-state index in [9.17, 15) is 36.0 Å². The van der Waals surface area contributed by atoms with Crippen molar-refractivity contribution in [3.05, 3.63) is 192 Å². The first-order valence-electron chi connectivity index (χ1n) is 28.0. The van der Waals surface area contributed by atoms with Crippen LogP contribution in [0.3, 0.4) is 0 Å². The van der Waals surface area contributed by atoms with E-state index in [2.05, 4.69) is 29.4 Å². The minimum Gasteiger partial charge on any atom is -0.445 e. The number of imidazole rings is 2. The van der Waals surface area contributed by atoms with Gasteiger partial charge in [0.15, 0.2) is 11.6 Å². The van der Waals surface area contributed by atoms with Crippen LogP contribution in [0.15, 0.2) is 174 Å². The summed E-state index contributed by atoms with van der Waals surface area (Å²) < 4.78 is 68.2. The third-order valence-electron chi connectivity index (χ3n) is 14.7. The summed E-state index contributed by atoms with van der Waals surface area (Å²) in [6, 6.07) is 47.3. The van der Waals surface area contributed by atoms with E-state index in [4.69, 9.17) is 9.47 Å². The van der Waals surface area contributed by atoms with Gasteiger partial charge in [0, 0.05) is 37.1 Å². The minimum absolute atomic E-state index is 0.0182. The molecule has 0 unspecified atom stereocenters. The first-order chi connectivity index (χ1) is 40.7. The zero-order valence-corrected chi connectivity index (χ0v) is 49.4. The molecule has 4 N–H and O–H groups in total. The molecule has 18 nitrogen and oxygen atoms in total. The summed E-state index contributed by atoms with van der Waals surface area (Å²) >= 11 is 0. The number of aromatic nitrogens is 4. The molecule has 2 aliphatic rings. The molecule has 2 aliphatic heterocycles. The van der Waals surface area contributed by atoms with Crippen molar-refractivity contribution >= 4 is 77.2 Å². The number of para-hydroxylation sites is 2. The number of carbonyl (C=O) groups excluding carboxylic acids is 4. The quantitative estimate of drug-likeness (QED) is 0.0706. The zero-order chi connectivity index (χ0) is 60.0. The number of H-pyrrole nitrogens is 2. The van der Waals surface area contributed by atoms with Gasteiger partial charge in [0.05, 0.1) is 44.3 Å². The van der Waals surface area contributed by atoms with Crippen LogP contribution in [-0.2, 0) is 58.6 Å². The van der Waals surface area contributed by atoms with Crippen LogP contribution < -0.4 is 9.44 Å². The molecule has 9 aromatic rings. The predicted octanol–water partition coefficient (Wildman–Crippen LogP) is 12.1. The number of sulfonamides is 2. The highest BCUT2D eigenvalue weighted by Crippen LogP contribution is 2.31. The van der Waals surface area contributed by atoms with Crippen LogP contribution in [0.2, 0.25) is 0 Å². The number of benzene rings is 7. The maximum Gasteiger partial charge on any atom is 0.410 e. The number of hydrogen-bond acceptors (Lipinski definition) is 12. The number of fused-ring (bicyclic) bond motifs is 2. The summed E-state index contributed by atoms with van der Waals surface area (Å²) in [6.45, 7) is 10.4. The van der Waals surface area contributed by atoms with Crippen molar-refractivity contribution in [3.8, 4) is 22.8 Å². The molecule has 438 valence electrons. The average Bonchev–Trinajstić information content (AvgIpc) is 2.69. The molecule has 0 bridgehead atoms. The predicted molar refractivity (Wildman–Crippen MR) is 327 cm³/mol. The number of rotatable bonds is 16. The van der Waals surface area contributed by atoms with Gasteiger partial charge in [0.2, 0.25) is 0 Å². The van der Waals surface area contributed by atoms with Crippen molar-refractivity contribution in [2.24, 2.45) is 0 Å². The number of nitrogens with one attached hydrogen (secondary N) is 4. The van der Waals surface area contributed by atoms with Crippen LogP contribution in [0.1, 0.15) is 74.3 Å². The largest absolute Gasteiger partial charge is 0.445 e. The number of aryl methyl sites for hydroxylation is 2. The van der Waals surface area contributed by atoms with E-state index in [1.54, 1.807) is 82.6 Å². The lowest BCUT2D eigenvalue weighted by Gasteiger charge is -2.28. The second-order valence-electron chi connectivity index (χ2n) is 22.3. The van der Waals surface area contributed by atoms with Crippen molar-refractivity contribution in [2.45, 2.75) is 107 Å². The summed E-state index contributed by atoms with van der Waals surface area (Å²) in [7, 11) is -7.58. The molecule has 20 heteroatoms. The monoisotopic (exact) mass is 1180 g/mol. The van der Waals surface area contributed by atoms with Gasteiger partial charge in [0.25, 0.3) is 20.0 Å². The first kappa shape index (κ1) is 59.0. The van der Waals surface area contributed by atoms with Gasteiger partial charge < -0.3 is 19.4 Å². The Labute approximate surface area is 494 Å². The average molecular weight is 1180 g/mol. The van der Waals surface area contributed by atoms with Gasteiger partial charge in [-0.05, 0) is 126 Å². The topological polar surface area (TPSA) is 243 Å². The summed E-state index contributed by atoms with van der Waals surface area (Å²) in [4.78, 5) is 71.0. The van der Waals surface area contributed by atoms with E-state index in [-0.39, 0.29) is 40.8 Å². The number of likely N-dealkylation sites (tertiary alicyclic amines) is 2. The second-order valence-corrected chi connectivity index (χ2v) is 25.7. The normalized spacial score (nSPS) is 15.3. The zero-order valence-electron chi connectivity index (χ0n) is 47.8. The Hall–Kier alpha value is -9.14. The van der Waals surface area contributed by atoms with Crippen LogP contribution >= 0.6 is 0 Å². The Morgan fingerprint density at radius 1 is 0.529 bits per heavy atom. The molecule has 2 amide bonds. The van der Waals surface area contributed by atoms with Crippen LogP contribution in [0.5, 0.6) is 0 Å². The van der Waals surface area contributed by atoms with E-state index >= 15 is 0 Å². The van der Waals surface area contributed by atoms with E-state index in [1.165, 1.54) is 0 Å². The molecular weight excluding hydrogens is 1120 g/mol. The van der Waals surface area contributed by atoms with E-state index < -0.39 is 49.9 Å². The minimum atomic E-state index is -3.80. The first-order valence-corrected chi connectivity index (χ1v) is 31.0. The molecule has 2 atom stereocenters. The van der Waals surface area contributed by atoms with Crippen LogP contribution in [0, 0.1) is 13.8 Å². The maximum absolute atomic E-state index is 13.2. The van der Waals surface area contributed by atoms with Crippen molar-refractivity contribution in [3.63, 3.8) is 0 Å². The van der Waals surface area contributed by atoms with Crippen LogP contribution in [0.25, 0.3) is 44.8 Å². The smallest absolute Gasteiger partial charge is 0.410 e. The van der Waals surface area contributed by atoms with E-state index in [0.29, 0.717) is 71.0 Å². The molecule has 0 radical (unpaired) electrons. The Morgan fingerprint density at radius 3 is 1.38 bits per heavy atom. The Bertz CT molecular complexity index is 4130. The summed E-state index contributed by atoms with van der Waals surface area (Å²) in [5.41, 5.74) is 8.57. The molecule has 2 saturated heterocycles. The SMILES string of the molecule is Cc1ccc(S(=O)(=O)Nc2cccc3[nH]c(-c4ccc(CC(=O)[C@@H]5CCCN5C(=O)OC(C)(C)C)cc4)nc23)cc1.Cc1ccc(S(=O)(=O)Nc2cccc3[nH]c(-c4ccc(CC(=O)[C@@H]5CCCN5C(=O)OCc5ccccc5)cc4)nc23)cc1. The van der Waals surface area contributed by atoms with Crippen molar-refractivity contribution < 1.29 is 45.5 Å². The van der Waals surface area contributed by atoms with Gasteiger partial charge in [-0.1, -0.05) is 126 Å². The number of ether oxygens (including phenoxy) is 2. The number of carbonyl (C=O) groups is 4. The van der Waals surface area contributed by atoms with E-state index in [1.807, 2.05) is 126 Å². The molecule has 0 saturated carbocycles. The molecule has 85 heavy (non-hydrogen) atoms. The lowest BCUT2D eigenvalue weighted by atomic mass is 10.0. The fourth-order valence-electron chi connectivity index (χ4n) is 10.3. The highest BCUT2D eigenvalue weighted by atomic mass is 32.2. The third-order valence-corrected chi connectivity index (χ3v) is 17.5. The van der Waals surface area contributed by atoms with Gasteiger partial charge in [-0.2, -0.15) is 0 Å². The third kappa shape index (κ3) is 14.3. The van der Waals surface area contributed by atoms with E-state index in [0.717, 1.165) is 51.8 Å². The lowest BCUT2D eigenvalue weighted by molar-refractivity contribution is -0.123. The highest BCUT2D eigenvalue weighted by Gasteiger charge is 2.37. The number of ketones is 2. The molecule has 0 aliphatic carbocycles. The molecular formula is C65H66N8O10S2. The van der Waals surface area contributed by atoms with Gasteiger partial charge in [-0.3, -0.25) is 28.8 Å². The van der Waals surface area contributed by atoms with Gasteiger partial charge in [0.1, 0.15) is 34.9 Å². The lowest BCUT2D eigenvalue weighted by Crippen LogP contribution is -2.43. The van der Waals surface area contributed by atoms with Crippen LogP contribution in [-0.4, -0.2) is 101 Å². The molecule has 0 spiro atoms. The van der Waals surface area contributed by atoms with Gasteiger partial charge in [-0.15, -0.1) is 0 Å². The fraction of sp³-hybridized carbons (Fsp3) is 0.262. The number of amides is 2. The molecule has 11 rings (SSSR count). The highest BCUT2D eigenvalue weighted by molar-refractivity contribution is 7.93. The molecule has 7 aromatic carbocycles. The van der Waals surface area contributed by atoms with Gasteiger partial charge >= 0.3 is 12.2 Å². The standard InChI is InChI=1S/C34H32N4O5S.C31H34N4O5S/c1-23-12-18-27(19-13-23)44(41,42)37-29-10-5-9-28-32(29)36-33(35-28)26-16-14-24(15-17-26)21-31(39)30-11-6-20-38(30)34(40)43-22-25-7-3-2-4-8-25;1-20-10-16-23(17-11-20)41(38,39)34-25-8-5-7-24-28(25)33-29(32-24)22-14-12-21(13-15-22)19-27(36)26-9-6-18-35(26)30(37)40-31(2,3)4/h2-5,7-10,12-19,30,37H,6,11,20-22H2,1H3,(H,35,36);5,7-8,10-17,26,34H,6,9,18-19H2,1-4H3,(H,32,33)/t30-;26-/m00/s1. The van der Waals surface area contributed by atoms with Crippen LogP contribution in [0.4, 0.5) is 21.0 Å². The second kappa shape index (κ2) is 25.0. The Kier molecular flexibility index (Phi) is 17.3. The number of hydrogen-bond donors (Lipinski definition) is 4. The molecule has 2 aromatic heterocycles. The summed E-state index contributed by atoms with van der Waals surface area (Å²) in [5.74, 6) is 1.10. The van der Waals surface area contributed by atoms with Crippen molar-refractivity contribution in [1.82, 2.24) is 29.7 Å². The molecule has 4 heterocycles. The van der Waals surface area contributed by atoms with Crippen molar-refractivity contribution in [1.29, 1.82) is 0 Å². The number of aromatic amines is 2. The van der Waals surface area contributed by atoms with Gasteiger partial charge in [-0.25, -0.2) is 36.4 Å². The Morgan fingerprint density at radius 2 is 0.953 bits per heavy atom. The fourth-order valence-corrected chi connectivity index (χ4v) is 12.4.